The van der Waals surface area contributed by atoms with Crippen LogP contribution in [0.5, 0.6) is 0 Å². The third-order valence-electron chi connectivity index (χ3n) is 2.78. The molecule has 1 aliphatic rings. The van der Waals surface area contributed by atoms with E-state index in [1.807, 2.05) is 13.8 Å². The topological polar surface area (TPSA) is 98.7 Å². The second-order valence-electron chi connectivity index (χ2n) is 4.76. The Morgan fingerprint density at radius 1 is 1.47 bits per heavy atom. The largest absolute Gasteiger partial charge is 0.377 e. The molecule has 0 aliphatic carbocycles. The highest BCUT2D eigenvalue weighted by molar-refractivity contribution is 5.89. The number of ether oxygens (including phenoxy) is 1. The van der Waals surface area contributed by atoms with Crippen LogP contribution in [-0.2, 0) is 14.3 Å². The molecule has 6 nitrogen and oxygen atoms in total. The first-order valence-corrected chi connectivity index (χ1v) is 5.86. The van der Waals surface area contributed by atoms with E-state index in [4.69, 9.17) is 16.2 Å². The predicted octanol–water partition coefficient (Wildman–Crippen LogP) is -0.927. The second-order valence-corrected chi connectivity index (χ2v) is 4.76. The summed E-state index contributed by atoms with van der Waals surface area (Å²) in [7, 11) is 0. The van der Waals surface area contributed by atoms with Gasteiger partial charge in [0.05, 0.1) is 19.3 Å². The highest BCUT2D eigenvalue weighted by Gasteiger charge is 2.33. The zero-order valence-electron chi connectivity index (χ0n) is 10.4. The van der Waals surface area contributed by atoms with Crippen LogP contribution >= 0.6 is 0 Å². The first-order chi connectivity index (χ1) is 7.93. The van der Waals surface area contributed by atoms with Crippen LogP contribution < -0.4 is 11.5 Å². The summed E-state index contributed by atoms with van der Waals surface area (Å²) in [5.74, 6) is -0.428. The number of hydrogen-bond donors (Lipinski definition) is 2. The Kier molecular flexibility index (Phi) is 4.89. The van der Waals surface area contributed by atoms with E-state index in [-0.39, 0.29) is 12.5 Å². The molecule has 98 valence electrons. The number of morpholine rings is 1. The van der Waals surface area contributed by atoms with Gasteiger partial charge in [0.2, 0.25) is 11.8 Å². The first-order valence-electron chi connectivity index (χ1n) is 5.86. The zero-order chi connectivity index (χ0) is 13.0. The quantitative estimate of drug-likeness (QED) is 0.666. The van der Waals surface area contributed by atoms with Crippen molar-refractivity contribution in [1.82, 2.24) is 4.90 Å². The van der Waals surface area contributed by atoms with Crippen LogP contribution in [0.15, 0.2) is 0 Å². The highest BCUT2D eigenvalue weighted by atomic mass is 16.5. The van der Waals surface area contributed by atoms with Crippen LogP contribution in [0, 0.1) is 5.92 Å². The fraction of sp³-hybridized carbons (Fsp3) is 0.818. The van der Waals surface area contributed by atoms with Crippen LogP contribution in [0.2, 0.25) is 0 Å². The van der Waals surface area contributed by atoms with Gasteiger partial charge in [0.15, 0.2) is 0 Å². The molecule has 1 fully saturated rings. The Balaban J connectivity index is 2.67. The number of nitrogens with two attached hydrogens (primary N) is 2. The molecule has 1 unspecified atom stereocenters. The zero-order valence-corrected chi connectivity index (χ0v) is 10.4. The maximum absolute atomic E-state index is 12.1. The van der Waals surface area contributed by atoms with Gasteiger partial charge < -0.3 is 21.1 Å². The van der Waals surface area contributed by atoms with Crippen molar-refractivity contribution in [2.75, 3.05) is 19.8 Å². The molecule has 0 spiro atoms. The average Bonchev–Trinajstić information content (AvgIpc) is 2.27. The summed E-state index contributed by atoms with van der Waals surface area (Å²) in [4.78, 5) is 24.8. The number of rotatable bonds is 4. The molecule has 2 atom stereocenters. The molecule has 1 rings (SSSR count). The summed E-state index contributed by atoms with van der Waals surface area (Å²) < 4.78 is 5.15. The van der Waals surface area contributed by atoms with Gasteiger partial charge in [0.1, 0.15) is 6.04 Å². The molecular formula is C11H21N3O3. The number of hydrogen-bond acceptors (Lipinski definition) is 4. The molecule has 6 heteroatoms. The Bertz CT molecular complexity index is 294. The monoisotopic (exact) mass is 243 g/mol. The minimum atomic E-state index is -0.686. The van der Waals surface area contributed by atoms with Crippen molar-refractivity contribution in [3.63, 3.8) is 0 Å². The molecule has 1 aliphatic heterocycles. The van der Waals surface area contributed by atoms with Gasteiger partial charge in [-0.1, -0.05) is 13.8 Å². The van der Waals surface area contributed by atoms with E-state index >= 15 is 0 Å². The number of carbonyl (C=O) groups is 2. The van der Waals surface area contributed by atoms with Crippen molar-refractivity contribution in [3.05, 3.63) is 0 Å². The molecule has 0 radical (unpaired) electrons. The van der Waals surface area contributed by atoms with Gasteiger partial charge in [-0.3, -0.25) is 9.59 Å². The third-order valence-corrected chi connectivity index (χ3v) is 2.78. The Labute approximate surface area is 101 Å². The van der Waals surface area contributed by atoms with Crippen molar-refractivity contribution in [1.29, 1.82) is 0 Å². The lowest BCUT2D eigenvalue weighted by molar-refractivity contribution is -0.148. The lowest BCUT2D eigenvalue weighted by Crippen LogP contribution is -2.58. The number of primary amides is 1. The van der Waals surface area contributed by atoms with Crippen molar-refractivity contribution in [3.8, 4) is 0 Å². The minimum absolute atomic E-state index is 0.162. The smallest absolute Gasteiger partial charge is 0.242 e. The van der Waals surface area contributed by atoms with Gasteiger partial charge >= 0.3 is 0 Å². The standard InChI is InChI=1S/C11H21N3O3/c1-7(2)5-8(12)11(16)14-3-4-17-6-9(14)10(13)15/h7-9H,3-6,12H2,1-2H3,(H2,13,15)/t8-,9?/m0/s1. The van der Waals surface area contributed by atoms with Gasteiger partial charge in [-0.05, 0) is 12.3 Å². The van der Waals surface area contributed by atoms with E-state index in [1.54, 1.807) is 0 Å². The minimum Gasteiger partial charge on any atom is -0.377 e. The van der Waals surface area contributed by atoms with Crippen LogP contribution in [-0.4, -0.2) is 48.6 Å². The molecular weight excluding hydrogens is 222 g/mol. The molecule has 0 bridgehead atoms. The van der Waals surface area contributed by atoms with E-state index in [0.717, 1.165) is 0 Å². The summed E-state index contributed by atoms with van der Waals surface area (Å²) in [5, 5.41) is 0. The lowest BCUT2D eigenvalue weighted by Gasteiger charge is -2.35. The molecule has 4 N–H and O–H groups in total. The average molecular weight is 243 g/mol. The fourth-order valence-corrected chi connectivity index (χ4v) is 1.92. The summed E-state index contributed by atoms with van der Waals surface area (Å²) in [6, 6.07) is -1.26. The molecule has 2 amide bonds. The van der Waals surface area contributed by atoms with Gasteiger partial charge in [0.25, 0.3) is 0 Å². The van der Waals surface area contributed by atoms with Crippen molar-refractivity contribution < 1.29 is 14.3 Å². The Morgan fingerprint density at radius 2 is 2.12 bits per heavy atom. The summed E-state index contributed by atoms with van der Waals surface area (Å²) >= 11 is 0. The van der Waals surface area contributed by atoms with E-state index in [2.05, 4.69) is 0 Å². The van der Waals surface area contributed by atoms with E-state index in [0.29, 0.717) is 25.5 Å². The van der Waals surface area contributed by atoms with E-state index in [1.165, 1.54) is 4.90 Å². The second kappa shape index (κ2) is 5.97. The number of amides is 2. The maximum Gasteiger partial charge on any atom is 0.242 e. The van der Waals surface area contributed by atoms with Crippen LogP contribution in [0.25, 0.3) is 0 Å². The number of carbonyl (C=O) groups excluding carboxylic acids is 2. The van der Waals surface area contributed by atoms with Gasteiger partial charge in [-0.2, -0.15) is 0 Å². The normalized spacial score (nSPS) is 22.6. The number of nitrogens with zero attached hydrogens (tertiary/aromatic N) is 1. The molecule has 0 saturated carbocycles. The molecule has 0 aromatic carbocycles. The van der Waals surface area contributed by atoms with E-state index in [9.17, 15) is 9.59 Å². The molecule has 17 heavy (non-hydrogen) atoms. The summed E-state index contributed by atoms with van der Waals surface area (Å²) in [5.41, 5.74) is 11.1. The molecule has 0 aromatic heterocycles. The van der Waals surface area contributed by atoms with Gasteiger partial charge in [-0.15, -0.1) is 0 Å². The molecule has 0 aromatic rings. The van der Waals surface area contributed by atoms with Crippen LogP contribution in [0.3, 0.4) is 0 Å². The van der Waals surface area contributed by atoms with E-state index < -0.39 is 18.0 Å². The molecule has 1 heterocycles. The summed E-state index contributed by atoms with van der Waals surface area (Å²) in [6.45, 7) is 4.95. The van der Waals surface area contributed by atoms with Crippen molar-refractivity contribution >= 4 is 11.8 Å². The predicted molar refractivity (Wildman–Crippen MR) is 62.9 cm³/mol. The van der Waals surface area contributed by atoms with Crippen LogP contribution in [0.4, 0.5) is 0 Å². The van der Waals surface area contributed by atoms with Gasteiger partial charge in [0, 0.05) is 6.54 Å². The maximum atomic E-state index is 12.1. The van der Waals surface area contributed by atoms with Crippen LogP contribution in [0.1, 0.15) is 20.3 Å². The van der Waals surface area contributed by atoms with Crippen molar-refractivity contribution in [2.45, 2.75) is 32.4 Å². The Hall–Kier alpha value is -1.14. The fourth-order valence-electron chi connectivity index (χ4n) is 1.92. The third kappa shape index (κ3) is 3.67. The highest BCUT2D eigenvalue weighted by Crippen LogP contribution is 2.11. The SMILES string of the molecule is CC(C)C[C@H](N)C(=O)N1CCOCC1C(N)=O. The van der Waals surface area contributed by atoms with Crippen molar-refractivity contribution in [2.24, 2.45) is 17.4 Å². The molecule has 1 saturated heterocycles. The van der Waals surface area contributed by atoms with Gasteiger partial charge in [-0.25, -0.2) is 0 Å². The Morgan fingerprint density at radius 3 is 2.65 bits per heavy atom. The lowest BCUT2D eigenvalue weighted by atomic mass is 10.0. The first kappa shape index (κ1) is 13.9. The summed E-state index contributed by atoms with van der Waals surface area (Å²) in [6.07, 6.45) is 0.599.